The first-order chi connectivity index (χ1) is 15.0. The van der Waals surface area contributed by atoms with Gasteiger partial charge in [-0.15, -0.1) is 0 Å². The molecule has 0 aliphatic carbocycles. The van der Waals surface area contributed by atoms with Crippen LogP contribution in [0.3, 0.4) is 0 Å². The number of hydrogen-bond donors (Lipinski definition) is 0. The quantitative estimate of drug-likeness (QED) is 0.568. The number of ether oxygens (including phenoxy) is 1. The lowest BCUT2D eigenvalue weighted by molar-refractivity contribution is -0.151. The second-order valence-electron chi connectivity index (χ2n) is 7.97. The molecule has 1 fully saturated rings. The molecular formula is C23H28N4O4. The minimum Gasteiger partial charge on any atom is -0.466 e. The highest BCUT2D eigenvalue weighted by atomic mass is 16.5. The van der Waals surface area contributed by atoms with Gasteiger partial charge in [0.2, 0.25) is 5.91 Å². The molecule has 1 aromatic carbocycles. The second kappa shape index (κ2) is 8.91. The van der Waals surface area contributed by atoms with E-state index in [1.165, 1.54) is 4.68 Å². The molecule has 1 atom stereocenters. The highest BCUT2D eigenvalue weighted by molar-refractivity contribution is 6.07. The van der Waals surface area contributed by atoms with Crippen LogP contribution >= 0.6 is 0 Å². The molecule has 0 radical (unpaired) electrons. The van der Waals surface area contributed by atoms with Crippen molar-refractivity contribution in [3.8, 4) is 0 Å². The summed E-state index contributed by atoms with van der Waals surface area (Å²) < 4.78 is 8.37. The number of piperidine rings is 1. The summed E-state index contributed by atoms with van der Waals surface area (Å²) in [5, 5.41) is 6.09. The van der Waals surface area contributed by atoms with Crippen LogP contribution in [-0.4, -0.2) is 50.8 Å². The van der Waals surface area contributed by atoms with Gasteiger partial charge < -0.3 is 14.2 Å². The van der Waals surface area contributed by atoms with Gasteiger partial charge in [0.25, 0.3) is 5.56 Å². The van der Waals surface area contributed by atoms with Crippen LogP contribution in [0.4, 0.5) is 0 Å². The third-order valence-corrected chi connectivity index (χ3v) is 5.90. The van der Waals surface area contributed by atoms with E-state index in [4.69, 9.17) is 4.74 Å². The number of para-hydroxylation sites is 1. The Morgan fingerprint density at radius 3 is 2.77 bits per heavy atom. The summed E-state index contributed by atoms with van der Waals surface area (Å²) in [4.78, 5) is 40.0. The SMILES string of the molecule is CCCn1c2ccccc2c2cnn(CC(=O)N3CCC[C@@H](C(=O)OCC)C3)c(=O)c21. The molecule has 31 heavy (non-hydrogen) atoms. The molecule has 1 aliphatic heterocycles. The second-order valence-corrected chi connectivity index (χ2v) is 7.97. The Balaban J connectivity index is 1.63. The normalized spacial score (nSPS) is 16.7. The molecule has 0 saturated carbocycles. The highest BCUT2D eigenvalue weighted by Crippen LogP contribution is 2.26. The van der Waals surface area contributed by atoms with Crippen molar-refractivity contribution in [2.75, 3.05) is 19.7 Å². The van der Waals surface area contributed by atoms with Crippen LogP contribution in [0.1, 0.15) is 33.1 Å². The summed E-state index contributed by atoms with van der Waals surface area (Å²) in [5.41, 5.74) is 1.30. The summed E-state index contributed by atoms with van der Waals surface area (Å²) in [5.74, 6) is -0.779. The lowest BCUT2D eigenvalue weighted by Crippen LogP contribution is -2.45. The summed E-state index contributed by atoms with van der Waals surface area (Å²) >= 11 is 0. The van der Waals surface area contributed by atoms with Crippen molar-refractivity contribution in [3.63, 3.8) is 0 Å². The maximum atomic E-state index is 13.3. The van der Waals surface area contributed by atoms with Crippen LogP contribution in [-0.2, 0) is 27.4 Å². The monoisotopic (exact) mass is 424 g/mol. The Labute approximate surface area is 180 Å². The van der Waals surface area contributed by atoms with Gasteiger partial charge in [-0.25, -0.2) is 4.68 Å². The molecule has 1 aliphatic rings. The third kappa shape index (κ3) is 3.94. The average molecular weight is 425 g/mol. The first kappa shape index (κ1) is 21.1. The van der Waals surface area contributed by atoms with Gasteiger partial charge in [0.15, 0.2) is 0 Å². The standard InChI is InChI=1S/C23H28N4O4/c1-3-11-26-19-10-6-5-9-17(19)18-13-24-27(22(29)21(18)26)15-20(28)25-12-7-8-16(14-25)23(30)31-4-2/h5-6,9-10,13,16H,3-4,7-8,11-12,14-15H2,1-2H3/t16-/m1/s1. The molecule has 0 bridgehead atoms. The molecule has 3 heterocycles. The lowest BCUT2D eigenvalue weighted by atomic mass is 9.98. The zero-order valence-electron chi connectivity index (χ0n) is 18.0. The van der Waals surface area contributed by atoms with Crippen molar-refractivity contribution in [2.24, 2.45) is 5.92 Å². The van der Waals surface area contributed by atoms with Crippen molar-refractivity contribution in [3.05, 3.63) is 40.8 Å². The molecule has 1 saturated heterocycles. The number of rotatable bonds is 6. The molecule has 8 heteroatoms. The molecule has 0 N–H and O–H groups in total. The van der Waals surface area contributed by atoms with E-state index in [1.807, 2.05) is 28.8 Å². The van der Waals surface area contributed by atoms with Crippen LogP contribution in [0.25, 0.3) is 21.8 Å². The minimum absolute atomic E-state index is 0.141. The van der Waals surface area contributed by atoms with Crippen LogP contribution in [0, 0.1) is 5.92 Å². The topological polar surface area (TPSA) is 86.4 Å². The van der Waals surface area contributed by atoms with Crippen molar-refractivity contribution >= 4 is 33.7 Å². The van der Waals surface area contributed by atoms with E-state index in [0.717, 1.165) is 29.1 Å². The summed E-state index contributed by atoms with van der Waals surface area (Å²) in [7, 11) is 0. The lowest BCUT2D eigenvalue weighted by Gasteiger charge is -2.31. The van der Waals surface area contributed by atoms with Gasteiger partial charge >= 0.3 is 5.97 Å². The van der Waals surface area contributed by atoms with Crippen LogP contribution in [0.5, 0.6) is 0 Å². The molecule has 0 unspecified atom stereocenters. The van der Waals surface area contributed by atoms with Gasteiger partial charge in [-0.2, -0.15) is 5.10 Å². The van der Waals surface area contributed by atoms with Crippen molar-refractivity contribution in [1.82, 2.24) is 19.2 Å². The summed E-state index contributed by atoms with van der Waals surface area (Å²) in [6.45, 7) is 5.64. The van der Waals surface area contributed by atoms with Gasteiger partial charge in [-0.3, -0.25) is 14.4 Å². The zero-order valence-corrected chi connectivity index (χ0v) is 18.0. The van der Waals surface area contributed by atoms with Gasteiger partial charge in [0.1, 0.15) is 12.1 Å². The molecule has 2 aromatic heterocycles. The molecule has 164 valence electrons. The predicted molar refractivity (Wildman–Crippen MR) is 118 cm³/mol. The van der Waals surface area contributed by atoms with Crippen LogP contribution in [0.15, 0.2) is 35.3 Å². The molecule has 1 amide bonds. The minimum atomic E-state index is -0.308. The number of aromatic nitrogens is 3. The number of amides is 1. The predicted octanol–water partition coefficient (Wildman–Crippen LogP) is 2.56. The smallest absolute Gasteiger partial charge is 0.310 e. The fourth-order valence-electron chi connectivity index (χ4n) is 4.45. The fraction of sp³-hybridized carbons (Fsp3) is 0.478. The van der Waals surface area contributed by atoms with E-state index in [0.29, 0.717) is 38.2 Å². The number of carbonyl (C=O) groups is 2. The third-order valence-electron chi connectivity index (χ3n) is 5.90. The molecular weight excluding hydrogens is 396 g/mol. The Kier molecular flexibility index (Phi) is 6.06. The highest BCUT2D eigenvalue weighted by Gasteiger charge is 2.29. The number of hydrogen-bond acceptors (Lipinski definition) is 5. The number of esters is 1. The Morgan fingerprint density at radius 1 is 1.19 bits per heavy atom. The van der Waals surface area contributed by atoms with Crippen LogP contribution in [0.2, 0.25) is 0 Å². The number of carbonyl (C=O) groups excluding carboxylic acids is 2. The Hall–Kier alpha value is -3.16. The van der Waals surface area contributed by atoms with E-state index in [9.17, 15) is 14.4 Å². The average Bonchev–Trinajstić information content (AvgIpc) is 3.10. The van der Waals surface area contributed by atoms with E-state index in [2.05, 4.69) is 12.0 Å². The summed E-state index contributed by atoms with van der Waals surface area (Å²) in [6.07, 6.45) is 4.01. The van der Waals surface area contributed by atoms with Gasteiger partial charge in [0, 0.05) is 35.9 Å². The van der Waals surface area contributed by atoms with Gasteiger partial charge in [0.05, 0.1) is 18.7 Å². The maximum absolute atomic E-state index is 13.3. The molecule has 0 spiro atoms. The van der Waals surface area contributed by atoms with Gasteiger partial charge in [-0.05, 0) is 32.3 Å². The van der Waals surface area contributed by atoms with Crippen molar-refractivity contribution in [1.29, 1.82) is 0 Å². The molecule has 3 aromatic rings. The fourth-order valence-corrected chi connectivity index (χ4v) is 4.45. The van der Waals surface area contributed by atoms with Crippen molar-refractivity contribution < 1.29 is 14.3 Å². The van der Waals surface area contributed by atoms with Crippen LogP contribution < -0.4 is 5.56 Å². The first-order valence-electron chi connectivity index (χ1n) is 11.0. The number of benzene rings is 1. The number of likely N-dealkylation sites (tertiary alicyclic amines) is 1. The van der Waals surface area contributed by atoms with Crippen molar-refractivity contribution in [2.45, 2.75) is 46.2 Å². The largest absolute Gasteiger partial charge is 0.466 e. The molecule has 4 rings (SSSR count). The zero-order chi connectivity index (χ0) is 22.0. The Morgan fingerprint density at radius 2 is 2.00 bits per heavy atom. The number of fused-ring (bicyclic) bond motifs is 3. The Bertz CT molecular complexity index is 1180. The summed E-state index contributed by atoms with van der Waals surface area (Å²) in [6, 6.07) is 7.90. The van der Waals surface area contributed by atoms with E-state index >= 15 is 0 Å². The molecule has 8 nitrogen and oxygen atoms in total. The maximum Gasteiger partial charge on any atom is 0.310 e. The number of nitrogens with zero attached hydrogens (tertiary/aromatic N) is 4. The van der Waals surface area contributed by atoms with E-state index < -0.39 is 0 Å². The van der Waals surface area contributed by atoms with E-state index in [1.54, 1.807) is 18.0 Å². The first-order valence-corrected chi connectivity index (χ1v) is 11.0. The number of aryl methyl sites for hydroxylation is 1. The van der Waals surface area contributed by atoms with Gasteiger partial charge in [-0.1, -0.05) is 25.1 Å². The van der Waals surface area contributed by atoms with E-state index in [-0.39, 0.29) is 29.9 Å².